The molecule has 112 valence electrons. The van der Waals surface area contributed by atoms with Gasteiger partial charge in [0.2, 0.25) is 0 Å². The number of halogens is 3. The Morgan fingerprint density at radius 1 is 1.25 bits per heavy atom. The predicted octanol–water partition coefficient (Wildman–Crippen LogP) is 2.44. The SMILES string of the molecule is NS(=O)(=O)N1CCCCC1c1cccc(C(F)(F)F)c1. The van der Waals surface area contributed by atoms with Crippen molar-refractivity contribution in [1.82, 2.24) is 4.31 Å². The lowest BCUT2D eigenvalue weighted by atomic mass is 9.96. The fraction of sp³-hybridized carbons (Fsp3) is 0.500. The van der Waals surface area contributed by atoms with Gasteiger partial charge in [-0.15, -0.1) is 0 Å². The molecule has 0 saturated carbocycles. The number of hydrogen-bond donors (Lipinski definition) is 1. The van der Waals surface area contributed by atoms with Gasteiger partial charge in [0.15, 0.2) is 0 Å². The number of nitrogens with zero attached hydrogens (tertiary/aromatic N) is 1. The minimum absolute atomic E-state index is 0.236. The van der Waals surface area contributed by atoms with E-state index in [1.54, 1.807) is 0 Å². The molecule has 2 N–H and O–H groups in total. The van der Waals surface area contributed by atoms with E-state index in [4.69, 9.17) is 5.14 Å². The smallest absolute Gasteiger partial charge is 0.216 e. The van der Waals surface area contributed by atoms with Gasteiger partial charge in [0.1, 0.15) is 0 Å². The monoisotopic (exact) mass is 308 g/mol. The predicted molar refractivity (Wildman–Crippen MR) is 67.8 cm³/mol. The third kappa shape index (κ3) is 3.31. The van der Waals surface area contributed by atoms with Crippen LogP contribution in [0, 0.1) is 0 Å². The lowest BCUT2D eigenvalue weighted by molar-refractivity contribution is -0.137. The number of benzene rings is 1. The topological polar surface area (TPSA) is 63.4 Å². The molecule has 1 heterocycles. The molecule has 1 unspecified atom stereocenters. The highest BCUT2D eigenvalue weighted by molar-refractivity contribution is 7.86. The number of alkyl halides is 3. The Balaban J connectivity index is 2.38. The van der Waals surface area contributed by atoms with E-state index in [0.29, 0.717) is 18.4 Å². The molecule has 0 bridgehead atoms. The largest absolute Gasteiger partial charge is 0.416 e. The molecule has 8 heteroatoms. The zero-order chi connectivity index (χ0) is 15.0. The van der Waals surface area contributed by atoms with Crippen molar-refractivity contribution in [2.45, 2.75) is 31.5 Å². The Morgan fingerprint density at radius 3 is 2.55 bits per heavy atom. The van der Waals surface area contributed by atoms with Crippen LogP contribution in [-0.4, -0.2) is 19.3 Å². The Hall–Kier alpha value is -1.12. The van der Waals surface area contributed by atoms with Crippen molar-refractivity contribution in [3.8, 4) is 0 Å². The lowest BCUT2D eigenvalue weighted by Crippen LogP contribution is -2.42. The van der Waals surface area contributed by atoms with E-state index in [1.165, 1.54) is 12.1 Å². The molecule has 0 amide bonds. The first kappa shape index (κ1) is 15.3. The van der Waals surface area contributed by atoms with E-state index in [2.05, 4.69) is 0 Å². The maximum Gasteiger partial charge on any atom is 0.416 e. The van der Waals surface area contributed by atoms with Crippen LogP contribution in [0.25, 0.3) is 0 Å². The number of piperidine rings is 1. The van der Waals surface area contributed by atoms with Crippen LogP contribution >= 0.6 is 0 Å². The number of hydrogen-bond acceptors (Lipinski definition) is 2. The van der Waals surface area contributed by atoms with E-state index in [1.807, 2.05) is 0 Å². The van der Waals surface area contributed by atoms with E-state index in [0.717, 1.165) is 22.9 Å². The lowest BCUT2D eigenvalue weighted by Gasteiger charge is -2.33. The van der Waals surface area contributed by atoms with Crippen LogP contribution in [-0.2, 0) is 16.4 Å². The summed E-state index contributed by atoms with van der Waals surface area (Å²) in [6.07, 6.45) is -2.56. The van der Waals surface area contributed by atoms with E-state index in [9.17, 15) is 21.6 Å². The Labute approximate surface area is 115 Å². The quantitative estimate of drug-likeness (QED) is 0.912. The number of rotatable bonds is 2. The summed E-state index contributed by atoms with van der Waals surface area (Å²) >= 11 is 0. The van der Waals surface area contributed by atoms with Gasteiger partial charge in [-0.05, 0) is 30.5 Å². The summed E-state index contributed by atoms with van der Waals surface area (Å²) in [5.41, 5.74) is -0.455. The van der Waals surface area contributed by atoms with Gasteiger partial charge in [-0.3, -0.25) is 0 Å². The normalized spacial score (nSPS) is 21.9. The van der Waals surface area contributed by atoms with Crippen molar-refractivity contribution < 1.29 is 21.6 Å². The van der Waals surface area contributed by atoms with E-state index in [-0.39, 0.29) is 6.54 Å². The van der Waals surface area contributed by atoms with Crippen LogP contribution in [0.3, 0.4) is 0 Å². The van der Waals surface area contributed by atoms with Crippen LogP contribution in [0.2, 0.25) is 0 Å². The van der Waals surface area contributed by atoms with E-state index < -0.39 is 28.0 Å². The molecular weight excluding hydrogens is 293 g/mol. The fourth-order valence-electron chi connectivity index (χ4n) is 2.46. The molecule has 0 aromatic heterocycles. The zero-order valence-electron chi connectivity index (χ0n) is 10.6. The van der Waals surface area contributed by atoms with Gasteiger partial charge in [-0.2, -0.15) is 25.9 Å². The molecule has 0 radical (unpaired) electrons. The summed E-state index contributed by atoms with van der Waals surface area (Å²) in [7, 11) is -3.92. The van der Waals surface area contributed by atoms with Gasteiger partial charge in [0.05, 0.1) is 11.6 Å². The molecule has 20 heavy (non-hydrogen) atoms. The van der Waals surface area contributed by atoms with Gasteiger partial charge < -0.3 is 0 Å². The van der Waals surface area contributed by atoms with Crippen molar-refractivity contribution in [2.24, 2.45) is 5.14 Å². The van der Waals surface area contributed by atoms with Gasteiger partial charge >= 0.3 is 6.18 Å². The summed E-state index contributed by atoms with van der Waals surface area (Å²) in [6.45, 7) is 0.236. The van der Waals surface area contributed by atoms with Crippen molar-refractivity contribution in [2.75, 3.05) is 6.54 Å². The molecule has 1 saturated heterocycles. The van der Waals surface area contributed by atoms with Gasteiger partial charge in [0.25, 0.3) is 10.2 Å². The average Bonchev–Trinajstić information content (AvgIpc) is 2.37. The van der Waals surface area contributed by atoms with Crippen LogP contribution < -0.4 is 5.14 Å². The Kier molecular flexibility index (Phi) is 4.08. The van der Waals surface area contributed by atoms with Crippen LogP contribution in [0.1, 0.15) is 36.4 Å². The molecule has 0 aliphatic carbocycles. The molecule has 1 aromatic carbocycles. The molecular formula is C12H15F3N2O2S. The summed E-state index contributed by atoms with van der Waals surface area (Å²) < 4.78 is 62.3. The van der Waals surface area contributed by atoms with Crippen molar-refractivity contribution in [3.63, 3.8) is 0 Å². The Bertz CT molecular complexity index is 587. The first-order valence-corrected chi connectivity index (χ1v) is 7.66. The van der Waals surface area contributed by atoms with Crippen molar-refractivity contribution >= 4 is 10.2 Å². The first-order chi connectivity index (χ1) is 9.19. The highest BCUT2D eigenvalue weighted by atomic mass is 32.2. The summed E-state index contributed by atoms with van der Waals surface area (Å²) in [5.74, 6) is 0. The molecule has 1 fully saturated rings. The minimum atomic E-state index is -4.45. The number of nitrogens with two attached hydrogens (primary N) is 1. The molecule has 1 atom stereocenters. The van der Waals surface area contributed by atoms with Crippen molar-refractivity contribution in [3.05, 3.63) is 35.4 Å². The third-order valence-electron chi connectivity index (χ3n) is 3.38. The summed E-state index contributed by atoms with van der Waals surface area (Å²) in [6, 6.07) is 4.13. The second-order valence-electron chi connectivity index (χ2n) is 4.79. The summed E-state index contributed by atoms with van der Waals surface area (Å²) in [5, 5.41) is 5.14. The van der Waals surface area contributed by atoms with E-state index >= 15 is 0 Å². The maximum absolute atomic E-state index is 12.7. The standard InChI is InChI=1S/C12H15F3N2O2S/c13-12(14,15)10-5-3-4-9(8-10)11-6-1-2-7-17(11)20(16,18)19/h3-5,8,11H,1-2,6-7H2,(H2,16,18,19). The van der Waals surface area contributed by atoms with Crippen LogP contribution in [0.5, 0.6) is 0 Å². The molecule has 4 nitrogen and oxygen atoms in total. The highest BCUT2D eigenvalue weighted by Gasteiger charge is 2.34. The first-order valence-electron chi connectivity index (χ1n) is 6.16. The zero-order valence-corrected chi connectivity index (χ0v) is 11.4. The molecule has 1 aliphatic rings. The molecule has 1 aliphatic heterocycles. The average molecular weight is 308 g/mol. The second-order valence-corrected chi connectivity index (χ2v) is 6.29. The van der Waals surface area contributed by atoms with Gasteiger partial charge in [0, 0.05) is 6.54 Å². The second kappa shape index (κ2) is 5.34. The molecule has 0 spiro atoms. The van der Waals surface area contributed by atoms with Crippen molar-refractivity contribution in [1.29, 1.82) is 0 Å². The summed E-state index contributed by atoms with van der Waals surface area (Å²) in [4.78, 5) is 0. The highest BCUT2D eigenvalue weighted by Crippen LogP contribution is 2.35. The van der Waals surface area contributed by atoms with Crippen LogP contribution in [0.4, 0.5) is 13.2 Å². The fourth-order valence-corrected chi connectivity index (χ4v) is 3.43. The molecule has 2 rings (SSSR count). The minimum Gasteiger partial charge on any atom is -0.216 e. The molecule has 1 aromatic rings. The van der Waals surface area contributed by atoms with Crippen LogP contribution in [0.15, 0.2) is 24.3 Å². The third-order valence-corrected chi connectivity index (χ3v) is 4.47. The Morgan fingerprint density at radius 2 is 1.95 bits per heavy atom. The van der Waals surface area contributed by atoms with Gasteiger partial charge in [-0.1, -0.05) is 18.6 Å². The van der Waals surface area contributed by atoms with Gasteiger partial charge in [-0.25, -0.2) is 5.14 Å². The maximum atomic E-state index is 12.7.